The summed E-state index contributed by atoms with van der Waals surface area (Å²) in [5.74, 6) is 3.81. The van der Waals surface area contributed by atoms with E-state index < -0.39 is 0 Å². The Morgan fingerprint density at radius 1 is 1.17 bits per heavy atom. The molecule has 1 saturated heterocycles. The number of aliphatic imine (C=N–C) groups is 1. The van der Waals surface area contributed by atoms with Gasteiger partial charge in [0.1, 0.15) is 5.75 Å². The standard InChI is InChI=1S/C20H31N3O/c1-3-21-20(23-14-17-6-4-5-7-18(17)15-23)22-13-12-16-8-10-19(24-2)11-9-16/h8-11,17-18H,3-7,12-15H2,1-2H3,(H,21,22). The van der Waals surface area contributed by atoms with Crippen molar-refractivity contribution in [2.45, 2.75) is 39.0 Å². The van der Waals surface area contributed by atoms with Gasteiger partial charge in [-0.25, -0.2) is 0 Å². The third-order valence-electron chi connectivity index (χ3n) is 5.43. The molecule has 1 heterocycles. The van der Waals surface area contributed by atoms with E-state index in [1.54, 1.807) is 7.11 Å². The monoisotopic (exact) mass is 329 g/mol. The third-order valence-corrected chi connectivity index (χ3v) is 5.43. The predicted octanol–water partition coefficient (Wildman–Crippen LogP) is 3.33. The lowest BCUT2D eigenvalue weighted by Gasteiger charge is -2.22. The molecule has 1 saturated carbocycles. The van der Waals surface area contributed by atoms with Gasteiger partial charge in [-0.2, -0.15) is 0 Å². The van der Waals surface area contributed by atoms with Gasteiger partial charge in [-0.05, 0) is 55.7 Å². The molecule has 0 aromatic heterocycles. The Hall–Kier alpha value is -1.71. The molecule has 2 unspecified atom stereocenters. The highest BCUT2D eigenvalue weighted by molar-refractivity contribution is 5.80. The second kappa shape index (κ2) is 8.41. The van der Waals surface area contributed by atoms with Crippen LogP contribution in [0.15, 0.2) is 29.3 Å². The first-order valence-electron chi connectivity index (χ1n) is 9.46. The number of ether oxygens (including phenoxy) is 1. The van der Waals surface area contributed by atoms with Gasteiger partial charge < -0.3 is 15.0 Å². The molecule has 1 aromatic carbocycles. The number of rotatable bonds is 5. The maximum atomic E-state index is 5.21. The van der Waals surface area contributed by atoms with E-state index >= 15 is 0 Å². The molecule has 3 rings (SSSR count). The van der Waals surface area contributed by atoms with E-state index in [9.17, 15) is 0 Å². The number of nitrogens with zero attached hydrogens (tertiary/aromatic N) is 2. The number of likely N-dealkylation sites (tertiary alicyclic amines) is 1. The number of fused-ring (bicyclic) bond motifs is 1. The highest BCUT2D eigenvalue weighted by Crippen LogP contribution is 2.35. The lowest BCUT2D eigenvalue weighted by molar-refractivity contribution is 0.299. The molecular formula is C20H31N3O. The summed E-state index contributed by atoms with van der Waals surface area (Å²) >= 11 is 0. The van der Waals surface area contributed by atoms with Crippen molar-refractivity contribution in [3.8, 4) is 5.75 Å². The van der Waals surface area contributed by atoms with Crippen LogP contribution in [0.25, 0.3) is 0 Å². The molecule has 0 spiro atoms. The smallest absolute Gasteiger partial charge is 0.193 e. The molecule has 2 fully saturated rings. The topological polar surface area (TPSA) is 36.9 Å². The summed E-state index contributed by atoms with van der Waals surface area (Å²) in [5.41, 5.74) is 1.31. The summed E-state index contributed by atoms with van der Waals surface area (Å²) in [5, 5.41) is 3.49. The molecule has 0 bridgehead atoms. The van der Waals surface area contributed by atoms with E-state index in [0.717, 1.165) is 43.1 Å². The van der Waals surface area contributed by atoms with Crippen LogP contribution in [0.5, 0.6) is 5.75 Å². The summed E-state index contributed by atoms with van der Waals surface area (Å²) in [6.07, 6.45) is 6.62. The maximum absolute atomic E-state index is 5.21. The van der Waals surface area contributed by atoms with E-state index in [4.69, 9.17) is 9.73 Å². The highest BCUT2D eigenvalue weighted by Gasteiger charge is 2.35. The van der Waals surface area contributed by atoms with Crippen molar-refractivity contribution in [1.29, 1.82) is 0 Å². The van der Waals surface area contributed by atoms with Gasteiger partial charge in [-0.3, -0.25) is 4.99 Å². The number of hydrogen-bond acceptors (Lipinski definition) is 2. The van der Waals surface area contributed by atoms with E-state index in [1.807, 2.05) is 12.1 Å². The van der Waals surface area contributed by atoms with Crippen molar-refractivity contribution in [2.24, 2.45) is 16.8 Å². The van der Waals surface area contributed by atoms with E-state index in [1.165, 1.54) is 44.3 Å². The minimum atomic E-state index is 0.834. The molecule has 4 nitrogen and oxygen atoms in total. The van der Waals surface area contributed by atoms with Crippen LogP contribution in [0.4, 0.5) is 0 Å². The Kier molecular flexibility index (Phi) is 6.00. The first-order chi connectivity index (χ1) is 11.8. The summed E-state index contributed by atoms with van der Waals surface area (Å²) in [4.78, 5) is 7.39. The van der Waals surface area contributed by atoms with Crippen LogP contribution in [-0.2, 0) is 6.42 Å². The number of methoxy groups -OCH3 is 1. The molecule has 0 amide bonds. The first kappa shape index (κ1) is 17.1. The molecule has 0 radical (unpaired) electrons. The quantitative estimate of drug-likeness (QED) is 0.665. The number of nitrogens with one attached hydrogen (secondary N) is 1. The largest absolute Gasteiger partial charge is 0.497 e. The Morgan fingerprint density at radius 3 is 2.42 bits per heavy atom. The van der Waals surface area contributed by atoms with Gasteiger partial charge in [-0.1, -0.05) is 25.0 Å². The van der Waals surface area contributed by atoms with Crippen molar-refractivity contribution in [3.63, 3.8) is 0 Å². The lowest BCUT2D eigenvalue weighted by Crippen LogP contribution is -2.40. The number of guanidine groups is 1. The summed E-state index contributed by atoms with van der Waals surface area (Å²) in [7, 11) is 1.70. The number of hydrogen-bond donors (Lipinski definition) is 1. The van der Waals surface area contributed by atoms with Gasteiger partial charge in [-0.15, -0.1) is 0 Å². The molecular weight excluding hydrogens is 298 g/mol. The Balaban J connectivity index is 1.57. The second-order valence-corrected chi connectivity index (χ2v) is 7.04. The van der Waals surface area contributed by atoms with Crippen molar-refractivity contribution >= 4 is 5.96 Å². The Morgan fingerprint density at radius 2 is 1.83 bits per heavy atom. The van der Waals surface area contributed by atoms with E-state index in [0.29, 0.717) is 0 Å². The zero-order valence-corrected chi connectivity index (χ0v) is 15.1. The van der Waals surface area contributed by atoms with Gasteiger partial charge in [0.05, 0.1) is 7.11 Å². The lowest BCUT2D eigenvalue weighted by atomic mass is 9.82. The Bertz CT molecular complexity index is 526. The van der Waals surface area contributed by atoms with Crippen LogP contribution in [0.1, 0.15) is 38.2 Å². The van der Waals surface area contributed by atoms with Crippen LogP contribution in [0, 0.1) is 11.8 Å². The summed E-state index contributed by atoms with van der Waals surface area (Å²) in [6, 6.07) is 8.31. The van der Waals surface area contributed by atoms with Gasteiger partial charge in [0.2, 0.25) is 0 Å². The third kappa shape index (κ3) is 4.22. The average molecular weight is 329 g/mol. The zero-order valence-electron chi connectivity index (χ0n) is 15.1. The normalized spacial score (nSPS) is 23.9. The molecule has 1 N–H and O–H groups in total. The van der Waals surface area contributed by atoms with Crippen LogP contribution >= 0.6 is 0 Å². The second-order valence-electron chi connectivity index (χ2n) is 7.04. The molecule has 4 heteroatoms. The average Bonchev–Trinajstić information content (AvgIpc) is 3.05. The fraction of sp³-hybridized carbons (Fsp3) is 0.650. The highest BCUT2D eigenvalue weighted by atomic mass is 16.5. The van der Waals surface area contributed by atoms with Crippen LogP contribution in [0.3, 0.4) is 0 Å². The van der Waals surface area contributed by atoms with Crippen LogP contribution in [-0.4, -0.2) is 44.1 Å². The van der Waals surface area contributed by atoms with Crippen molar-refractivity contribution in [3.05, 3.63) is 29.8 Å². The first-order valence-corrected chi connectivity index (χ1v) is 9.46. The van der Waals surface area contributed by atoms with Gasteiger partial charge in [0, 0.05) is 26.2 Å². The SMILES string of the molecule is CCNC(=NCCc1ccc(OC)cc1)N1CC2CCCCC2C1. The fourth-order valence-corrected chi connectivity index (χ4v) is 4.09. The molecule has 132 valence electrons. The van der Waals surface area contributed by atoms with Gasteiger partial charge in [0.15, 0.2) is 5.96 Å². The minimum Gasteiger partial charge on any atom is -0.497 e. The molecule has 2 aliphatic rings. The van der Waals surface area contributed by atoms with Gasteiger partial charge in [0.25, 0.3) is 0 Å². The van der Waals surface area contributed by atoms with E-state index in [-0.39, 0.29) is 0 Å². The molecule has 2 atom stereocenters. The molecule has 1 aliphatic carbocycles. The van der Waals surface area contributed by atoms with Crippen molar-refractivity contribution in [1.82, 2.24) is 10.2 Å². The number of benzene rings is 1. The molecule has 1 aromatic rings. The minimum absolute atomic E-state index is 0.834. The van der Waals surface area contributed by atoms with Gasteiger partial charge >= 0.3 is 0 Å². The van der Waals surface area contributed by atoms with Crippen LogP contribution in [0.2, 0.25) is 0 Å². The van der Waals surface area contributed by atoms with Crippen molar-refractivity contribution in [2.75, 3.05) is 33.3 Å². The fourth-order valence-electron chi connectivity index (χ4n) is 4.09. The van der Waals surface area contributed by atoms with E-state index in [2.05, 4.69) is 29.3 Å². The predicted molar refractivity (Wildman–Crippen MR) is 99.7 cm³/mol. The maximum Gasteiger partial charge on any atom is 0.193 e. The summed E-state index contributed by atoms with van der Waals surface area (Å²) in [6.45, 7) is 6.31. The zero-order chi connectivity index (χ0) is 16.8. The molecule has 1 aliphatic heterocycles. The molecule has 24 heavy (non-hydrogen) atoms. The summed E-state index contributed by atoms with van der Waals surface area (Å²) < 4.78 is 5.21. The Labute approximate surface area is 146 Å². The van der Waals surface area contributed by atoms with Crippen LogP contribution < -0.4 is 10.1 Å². The van der Waals surface area contributed by atoms with Crippen molar-refractivity contribution < 1.29 is 4.74 Å².